The topological polar surface area (TPSA) is 88.8 Å². The normalized spacial score (nSPS) is 10.5. The van der Waals surface area contributed by atoms with E-state index in [1.165, 1.54) is 11.8 Å². The summed E-state index contributed by atoms with van der Waals surface area (Å²) in [4.78, 5) is 8.52. The fraction of sp³-hybridized carbons (Fsp3) is 0.182. The zero-order valence-electron chi connectivity index (χ0n) is 9.52. The Labute approximate surface area is 103 Å². The smallest absolute Gasteiger partial charge is 0.262 e. The number of amidine groups is 1. The van der Waals surface area contributed by atoms with Crippen molar-refractivity contribution in [3.8, 4) is 0 Å². The third-order valence-corrected chi connectivity index (χ3v) is 2.94. The van der Waals surface area contributed by atoms with Crippen molar-refractivity contribution in [1.82, 2.24) is 9.97 Å². The predicted octanol–water partition coefficient (Wildman–Crippen LogP) is 2.12. The first kappa shape index (κ1) is 11.7. The Bertz CT molecular complexity index is 564. The van der Waals surface area contributed by atoms with E-state index in [0.29, 0.717) is 15.8 Å². The molecule has 88 valence electrons. The Morgan fingerprint density at radius 3 is 2.65 bits per heavy atom. The number of oxazole rings is 1. The van der Waals surface area contributed by atoms with Crippen molar-refractivity contribution in [1.29, 1.82) is 5.41 Å². The van der Waals surface area contributed by atoms with Gasteiger partial charge in [-0.2, -0.15) is 0 Å². The Balaban J connectivity index is 2.37. The van der Waals surface area contributed by atoms with Gasteiger partial charge in [-0.05, 0) is 37.7 Å². The number of pyridine rings is 1. The van der Waals surface area contributed by atoms with Crippen molar-refractivity contribution in [3.63, 3.8) is 0 Å². The van der Waals surface area contributed by atoms with Gasteiger partial charge in [-0.3, -0.25) is 5.41 Å². The summed E-state index contributed by atoms with van der Waals surface area (Å²) in [6.07, 6.45) is 1.57. The van der Waals surface area contributed by atoms with Crippen LogP contribution in [0.15, 0.2) is 33.1 Å². The molecule has 2 rings (SSSR count). The van der Waals surface area contributed by atoms with Crippen LogP contribution in [0.25, 0.3) is 0 Å². The molecule has 0 aliphatic rings. The molecule has 0 aliphatic heterocycles. The molecule has 6 heteroatoms. The lowest BCUT2D eigenvalue weighted by Crippen LogP contribution is -2.13. The summed E-state index contributed by atoms with van der Waals surface area (Å²) in [6, 6.07) is 3.60. The fourth-order valence-corrected chi connectivity index (χ4v) is 2.21. The quantitative estimate of drug-likeness (QED) is 0.641. The lowest BCUT2D eigenvalue weighted by molar-refractivity contribution is 0.453. The second kappa shape index (κ2) is 4.58. The van der Waals surface area contributed by atoms with Gasteiger partial charge in [0, 0.05) is 11.3 Å². The lowest BCUT2D eigenvalue weighted by Gasteiger charge is -2.05. The van der Waals surface area contributed by atoms with Crippen molar-refractivity contribution < 1.29 is 4.42 Å². The van der Waals surface area contributed by atoms with Gasteiger partial charge in [0.25, 0.3) is 5.22 Å². The summed E-state index contributed by atoms with van der Waals surface area (Å²) in [5.41, 5.74) is 7.77. The van der Waals surface area contributed by atoms with Crippen LogP contribution in [0.4, 0.5) is 0 Å². The van der Waals surface area contributed by atoms with Gasteiger partial charge in [0.05, 0.1) is 5.69 Å². The summed E-state index contributed by atoms with van der Waals surface area (Å²) < 4.78 is 5.24. The van der Waals surface area contributed by atoms with Crippen LogP contribution in [0.5, 0.6) is 0 Å². The van der Waals surface area contributed by atoms with Crippen LogP contribution in [0.3, 0.4) is 0 Å². The second-order valence-electron chi connectivity index (χ2n) is 3.58. The molecule has 0 saturated heterocycles. The van der Waals surface area contributed by atoms with Crippen LogP contribution in [-0.4, -0.2) is 15.8 Å². The van der Waals surface area contributed by atoms with E-state index in [-0.39, 0.29) is 5.84 Å². The monoisotopic (exact) mass is 248 g/mol. The number of aryl methyl sites for hydroxylation is 2. The molecular formula is C11H12N4OS. The van der Waals surface area contributed by atoms with Gasteiger partial charge in [-0.15, -0.1) is 0 Å². The largest absolute Gasteiger partial charge is 0.439 e. The number of aromatic nitrogens is 2. The maximum absolute atomic E-state index is 7.49. The molecule has 17 heavy (non-hydrogen) atoms. The van der Waals surface area contributed by atoms with E-state index in [1.54, 1.807) is 12.3 Å². The molecule has 0 aromatic carbocycles. The van der Waals surface area contributed by atoms with Gasteiger partial charge in [0.15, 0.2) is 0 Å². The van der Waals surface area contributed by atoms with Gasteiger partial charge >= 0.3 is 0 Å². The van der Waals surface area contributed by atoms with Crippen LogP contribution < -0.4 is 5.73 Å². The van der Waals surface area contributed by atoms with E-state index in [2.05, 4.69) is 9.97 Å². The molecule has 0 bridgehead atoms. The zero-order valence-corrected chi connectivity index (χ0v) is 10.3. The molecule has 0 amide bonds. The van der Waals surface area contributed by atoms with E-state index in [1.807, 2.05) is 19.9 Å². The Morgan fingerprint density at radius 2 is 2.06 bits per heavy atom. The molecule has 3 N–H and O–H groups in total. The number of nitrogens with two attached hydrogens (primary N) is 1. The minimum Gasteiger partial charge on any atom is -0.439 e. The number of hydrogen-bond donors (Lipinski definition) is 2. The van der Waals surface area contributed by atoms with Crippen molar-refractivity contribution in [3.05, 3.63) is 35.3 Å². The molecule has 0 unspecified atom stereocenters. The van der Waals surface area contributed by atoms with Gasteiger partial charge in [0.2, 0.25) is 0 Å². The molecule has 0 spiro atoms. The Hall–Kier alpha value is -1.82. The molecular weight excluding hydrogens is 236 g/mol. The maximum Gasteiger partial charge on any atom is 0.262 e. The van der Waals surface area contributed by atoms with Gasteiger partial charge < -0.3 is 10.2 Å². The van der Waals surface area contributed by atoms with E-state index >= 15 is 0 Å². The first-order chi connectivity index (χ1) is 8.06. The predicted molar refractivity (Wildman–Crippen MR) is 65.4 cm³/mol. The van der Waals surface area contributed by atoms with Crippen LogP contribution in [0, 0.1) is 19.3 Å². The molecule has 2 heterocycles. The van der Waals surface area contributed by atoms with Crippen molar-refractivity contribution in [2.24, 2.45) is 5.73 Å². The standard InChI is InChI=1S/C11H12N4OS/c1-6-3-4-8(9(12)13)10(14-6)17-11-15-7(2)5-16-11/h3-5H,1-2H3,(H3,12,13). The average molecular weight is 248 g/mol. The minimum atomic E-state index is -0.0109. The zero-order chi connectivity index (χ0) is 12.4. The highest BCUT2D eigenvalue weighted by molar-refractivity contribution is 7.99. The summed E-state index contributed by atoms with van der Waals surface area (Å²) in [7, 11) is 0. The van der Waals surface area contributed by atoms with Crippen LogP contribution in [0.2, 0.25) is 0 Å². The lowest BCUT2D eigenvalue weighted by atomic mass is 10.2. The summed E-state index contributed by atoms with van der Waals surface area (Å²) in [5.74, 6) is -0.0109. The molecule has 0 radical (unpaired) electrons. The van der Waals surface area contributed by atoms with Crippen molar-refractivity contribution >= 4 is 17.6 Å². The molecule has 2 aromatic heterocycles. The number of nitrogen functional groups attached to an aromatic ring is 1. The Kier molecular flexibility index (Phi) is 3.14. The summed E-state index contributed by atoms with van der Waals surface area (Å²) in [6.45, 7) is 3.73. The molecule has 0 aliphatic carbocycles. The highest BCUT2D eigenvalue weighted by Crippen LogP contribution is 2.28. The highest BCUT2D eigenvalue weighted by Gasteiger charge is 2.12. The van der Waals surface area contributed by atoms with Crippen LogP contribution in [0.1, 0.15) is 17.0 Å². The third kappa shape index (κ3) is 2.65. The SMILES string of the molecule is Cc1coc(Sc2nc(C)ccc2C(=N)N)n1. The third-order valence-electron chi connectivity index (χ3n) is 2.07. The highest BCUT2D eigenvalue weighted by atomic mass is 32.2. The molecule has 0 saturated carbocycles. The number of rotatable bonds is 3. The number of hydrogen-bond acceptors (Lipinski definition) is 5. The molecule has 5 nitrogen and oxygen atoms in total. The first-order valence-corrected chi connectivity index (χ1v) is 5.80. The van der Waals surface area contributed by atoms with Gasteiger partial charge in [0.1, 0.15) is 17.1 Å². The average Bonchev–Trinajstić information content (AvgIpc) is 2.63. The fourth-order valence-electron chi connectivity index (χ4n) is 1.28. The summed E-state index contributed by atoms with van der Waals surface area (Å²) >= 11 is 1.27. The number of nitrogens with one attached hydrogen (secondary N) is 1. The molecule has 0 fully saturated rings. The first-order valence-electron chi connectivity index (χ1n) is 4.98. The van der Waals surface area contributed by atoms with E-state index in [4.69, 9.17) is 15.6 Å². The molecule has 0 atom stereocenters. The van der Waals surface area contributed by atoms with Crippen LogP contribution in [-0.2, 0) is 0 Å². The van der Waals surface area contributed by atoms with Gasteiger partial charge in [-0.1, -0.05) is 0 Å². The Morgan fingerprint density at radius 1 is 1.29 bits per heavy atom. The van der Waals surface area contributed by atoms with Crippen molar-refractivity contribution in [2.75, 3.05) is 0 Å². The second-order valence-corrected chi connectivity index (χ2v) is 4.52. The number of nitrogens with zero attached hydrogens (tertiary/aromatic N) is 2. The van der Waals surface area contributed by atoms with E-state index < -0.39 is 0 Å². The van der Waals surface area contributed by atoms with E-state index in [9.17, 15) is 0 Å². The van der Waals surface area contributed by atoms with E-state index in [0.717, 1.165) is 11.4 Å². The van der Waals surface area contributed by atoms with Crippen molar-refractivity contribution in [2.45, 2.75) is 24.1 Å². The molecule has 2 aromatic rings. The van der Waals surface area contributed by atoms with Crippen LogP contribution >= 0.6 is 11.8 Å². The van der Waals surface area contributed by atoms with Gasteiger partial charge in [-0.25, -0.2) is 9.97 Å². The summed E-state index contributed by atoms with van der Waals surface area (Å²) in [5, 5.41) is 8.63. The maximum atomic E-state index is 7.49. The minimum absolute atomic E-state index is 0.0109.